The van der Waals surface area contributed by atoms with E-state index < -0.39 is 29.6 Å². The number of thiophene rings is 1. The van der Waals surface area contributed by atoms with Crippen molar-refractivity contribution in [1.29, 1.82) is 0 Å². The minimum atomic E-state index is -1.09. The van der Waals surface area contributed by atoms with Gasteiger partial charge in [0.2, 0.25) is 0 Å². The lowest BCUT2D eigenvalue weighted by atomic mass is 10.1. The van der Waals surface area contributed by atoms with E-state index >= 15 is 0 Å². The smallest absolute Gasteiger partial charge is 0.331 e. The van der Waals surface area contributed by atoms with E-state index in [0.29, 0.717) is 0 Å². The van der Waals surface area contributed by atoms with Crippen LogP contribution in [0.5, 0.6) is 0 Å². The van der Waals surface area contributed by atoms with Crippen molar-refractivity contribution >= 4 is 35.3 Å². The summed E-state index contributed by atoms with van der Waals surface area (Å²) in [5.74, 6) is -1.35. The number of benzene rings is 1. The van der Waals surface area contributed by atoms with E-state index in [2.05, 4.69) is 10.6 Å². The summed E-state index contributed by atoms with van der Waals surface area (Å²) in [4.78, 5) is 37.5. The van der Waals surface area contributed by atoms with Crippen molar-refractivity contribution in [2.45, 2.75) is 39.3 Å². The molecule has 2 N–H and O–H groups in total. The fourth-order valence-electron chi connectivity index (χ4n) is 2.20. The van der Waals surface area contributed by atoms with Gasteiger partial charge in [-0.25, -0.2) is 9.59 Å². The monoisotopic (exact) mass is 400 g/mol. The Balaban J connectivity index is 1.87. The van der Waals surface area contributed by atoms with E-state index in [1.54, 1.807) is 38.2 Å². The third kappa shape index (κ3) is 7.00. The highest BCUT2D eigenvalue weighted by Gasteiger charge is 2.21. The van der Waals surface area contributed by atoms with Crippen LogP contribution in [0.25, 0.3) is 16.5 Å². The maximum absolute atomic E-state index is 11.9. The summed E-state index contributed by atoms with van der Waals surface area (Å²) in [5.41, 5.74) is 0.625. The number of rotatable bonds is 5. The summed E-state index contributed by atoms with van der Waals surface area (Å²) in [5, 5.41) is 4.75. The van der Waals surface area contributed by atoms with E-state index in [9.17, 15) is 14.4 Å². The first-order valence-electron chi connectivity index (χ1n) is 8.81. The molecule has 0 unspecified atom stereocenters. The van der Waals surface area contributed by atoms with E-state index in [4.69, 9.17) is 4.74 Å². The summed E-state index contributed by atoms with van der Waals surface area (Å²) in [6.45, 7) is 6.78. The van der Waals surface area contributed by atoms with Crippen LogP contribution in [0, 0.1) is 0 Å². The van der Waals surface area contributed by atoms with Gasteiger partial charge in [0.05, 0.1) is 0 Å². The third-order valence-electron chi connectivity index (χ3n) is 3.46. The second-order valence-electron chi connectivity index (χ2n) is 7.17. The van der Waals surface area contributed by atoms with Crippen LogP contribution in [0.3, 0.4) is 0 Å². The first-order valence-corrected chi connectivity index (χ1v) is 9.63. The summed E-state index contributed by atoms with van der Waals surface area (Å²) >= 11 is 1.54. The normalized spacial score (nSPS) is 12.4. The second-order valence-corrected chi connectivity index (χ2v) is 8.29. The van der Waals surface area contributed by atoms with Gasteiger partial charge in [0.25, 0.3) is 5.91 Å². The zero-order valence-corrected chi connectivity index (χ0v) is 17.1. The highest BCUT2D eigenvalue weighted by molar-refractivity contribution is 7.16. The molecule has 6 nitrogen and oxygen atoms in total. The predicted octanol–water partition coefficient (Wildman–Crippen LogP) is 3.98. The molecule has 148 valence electrons. The molecule has 0 aliphatic rings. The highest BCUT2D eigenvalue weighted by Crippen LogP contribution is 2.28. The van der Waals surface area contributed by atoms with Crippen molar-refractivity contribution in [1.82, 2.24) is 10.6 Å². The molecule has 0 saturated heterocycles. The van der Waals surface area contributed by atoms with Gasteiger partial charge >= 0.3 is 12.0 Å². The van der Waals surface area contributed by atoms with Crippen LogP contribution in [-0.2, 0) is 14.3 Å². The van der Waals surface area contributed by atoms with E-state index in [1.807, 2.05) is 42.5 Å². The van der Waals surface area contributed by atoms with Gasteiger partial charge in [0.15, 0.2) is 6.10 Å². The Morgan fingerprint density at radius 1 is 1.07 bits per heavy atom. The van der Waals surface area contributed by atoms with E-state index in [0.717, 1.165) is 15.3 Å². The van der Waals surface area contributed by atoms with Crippen molar-refractivity contribution in [2.24, 2.45) is 0 Å². The fraction of sp³-hybridized carbons (Fsp3) is 0.286. The summed E-state index contributed by atoms with van der Waals surface area (Å²) in [6.07, 6.45) is 1.81. The summed E-state index contributed by atoms with van der Waals surface area (Å²) in [7, 11) is 0. The largest absolute Gasteiger partial charge is 0.449 e. The Bertz CT molecular complexity index is 866. The molecular weight excluding hydrogens is 376 g/mol. The van der Waals surface area contributed by atoms with Crippen LogP contribution >= 0.6 is 11.3 Å². The average Bonchev–Trinajstić information content (AvgIpc) is 3.08. The Kier molecular flexibility index (Phi) is 7.12. The maximum Gasteiger partial charge on any atom is 0.331 e. The van der Waals surface area contributed by atoms with Crippen LogP contribution in [-0.4, -0.2) is 29.6 Å². The number of nitrogens with one attached hydrogen (secondary N) is 2. The van der Waals surface area contributed by atoms with Crippen LogP contribution in [0.2, 0.25) is 0 Å². The summed E-state index contributed by atoms with van der Waals surface area (Å²) < 4.78 is 5.04. The average molecular weight is 401 g/mol. The van der Waals surface area contributed by atoms with Gasteiger partial charge in [-0.3, -0.25) is 10.1 Å². The Morgan fingerprint density at radius 3 is 2.39 bits per heavy atom. The molecule has 28 heavy (non-hydrogen) atoms. The number of hydrogen-bond donors (Lipinski definition) is 2. The van der Waals surface area contributed by atoms with Gasteiger partial charge in [0, 0.05) is 21.4 Å². The van der Waals surface area contributed by atoms with Gasteiger partial charge < -0.3 is 10.1 Å². The molecule has 0 radical (unpaired) electrons. The molecule has 1 atom stereocenters. The molecule has 2 rings (SSSR count). The zero-order chi connectivity index (χ0) is 20.7. The van der Waals surface area contributed by atoms with Crippen molar-refractivity contribution in [2.75, 3.05) is 0 Å². The SMILES string of the molecule is C[C@@H](OC(=O)/C=C/c1ccc(-c2ccccc2)s1)C(=O)NC(=O)NC(C)(C)C. The Morgan fingerprint density at radius 2 is 1.75 bits per heavy atom. The summed E-state index contributed by atoms with van der Waals surface area (Å²) in [6, 6.07) is 13.2. The molecule has 0 spiro atoms. The molecule has 1 heterocycles. The highest BCUT2D eigenvalue weighted by atomic mass is 32.1. The van der Waals surface area contributed by atoms with Gasteiger partial charge in [-0.1, -0.05) is 30.3 Å². The maximum atomic E-state index is 11.9. The first kappa shape index (κ1) is 21.4. The minimum Gasteiger partial charge on any atom is -0.449 e. The molecule has 7 heteroatoms. The van der Waals surface area contributed by atoms with E-state index in [1.165, 1.54) is 13.0 Å². The Labute approximate surface area is 168 Å². The lowest BCUT2D eigenvalue weighted by Crippen LogP contribution is -2.50. The predicted molar refractivity (Wildman–Crippen MR) is 111 cm³/mol. The number of urea groups is 1. The molecule has 1 aromatic heterocycles. The van der Waals surface area contributed by atoms with Crippen molar-refractivity contribution in [3.8, 4) is 10.4 Å². The van der Waals surface area contributed by atoms with E-state index in [-0.39, 0.29) is 0 Å². The minimum absolute atomic E-state index is 0.480. The number of carbonyl (C=O) groups excluding carboxylic acids is 3. The molecule has 0 aliphatic carbocycles. The van der Waals surface area contributed by atoms with Crippen molar-refractivity contribution < 1.29 is 19.1 Å². The van der Waals surface area contributed by atoms with Gasteiger partial charge in [-0.2, -0.15) is 0 Å². The number of amides is 3. The van der Waals surface area contributed by atoms with Gasteiger partial charge in [0.1, 0.15) is 0 Å². The van der Waals surface area contributed by atoms with Crippen LogP contribution in [0.1, 0.15) is 32.6 Å². The number of imide groups is 1. The number of carbonyl (C=O) groups is 3. The second kappa shape index (κ2) is 9.32. The molecule has 0 fully saturated rings. The third-order valence-corrected chi connectivity index (χ3v) is 4.56. The molecular formula is C21H24N2O4S. The molecule has 3 amide bonds. The number of ether oxygens (including phenoxy) is 1. The van der Waals surface area contributed by atoms with Gasteiger partial charge in [-0.15, -0.1) is 11.3 Å². The fourth-order valence-corrected chi connectivity index (χ4v) is 3.12. The van der Waals surface area contributed by atoms with Crippen LogP contribution < -0.4 is 10.6 Å². The number of hydrogen-bond acceptors (Lipinski definition) is 5. The molecule has 0 bridgehead atoms. The lowest BCUT2D eigenvalue weighted by molar-refractivity contribution is -0.149. The molecule has 0 aliphatic heterocycles. The quantitative estimate of drug-likeness (QED) is 0.587. The lowest BCUT2D eigenvalue weighted by Gasteiger charge is -2.21. The zero-order valence-electron chi connectivity index (χ0n) is 16.3. The van der Waals surface area contributed by atoms with Crippen LogP contribution in [0.4, 0.5) is 4.79 Å². The van der Waals surface area contributed by atoms with Crippen LogP contribution in [0.15, 0.2) is 48.5 Å². The molecule has 1 aromatic carbocycles. The molecule has 0 saturated carbocycles. The van der Waals surface area contributed by atoms with Gasteiger partial charge in [-0.05, 0) is 51.5 Å². The molecule has 2 aromatic rings. The topological polar surface area (TPSA) is 84.5 Å². The van der Waals surface area contributed by atoms with Crippen molar-refractivity contribution in [3.05, 3.63) is 53.4 Å². The van der Waals surface area contributed by atoms with Crippen molar-refractivity contribution in [3.63, 3.8) is 0 Å². The first-order chi connectivity index (χ1) is 13.1. The standard InChI is InChI=1S/C21H24N2O4S/c1-14(19(25)22-20(26)23-21(2,3)4)27-18(24)13-11-16-10-12-17(28-16)15-8-6-5-7-9-15/h5-14H,1-4H3,(H2,22,23,25,26)/b13-11+/t14-/m1/s1. The Hall–Kier alpha value is -2.93. The number of esters is 1.